The molecule has 6 nitrogen and oxygen atoms in total. The Morgan fingerprint density at radius 1 is 1.06 bits per heavy atom. The van der Waals surface area contributed by atoms with Crippen LogP contribution in [0.5, 0.6) is 17.2 Å². The van der Waals surface area contributed by atoms with E-state index in [2.05, 4.69) is 5.32 Å². The van der Waals surface area contributed by atoms with E-state index in [0.29, 0.717) is 11.3 Å². The predicted octanol–water partition coefficient (Wildman–Crippen LogP) is 5.64. The summed E-state index contributed by atoms with van der Waals surface area (Å²) >= 11 is 5.30. The van der Waals surface area contributed by atoms with Gasteiger partial charge in [-0.3, -0.25) is 9.69 Å². The highest BCUT2D eigenvalue weighted by atomic mass is 32.1. The van der Waals surface area contributed by atoms with E-state index >= 15 is 0 Å². The van der Waals surface area contributed by atoms with Crippen LogP contribution in [0.4, 0.5) is 18.9 Å². The number of methoxy groups -OCH3 is 1. The zero-order valence-electron chi connectivity index (χ0n) is 18.1. The summed E-state index contributed by atoms with van der Waals surface area (Å²) in [7, 11) is 1.38. The number of carbonyl (C=O) groups excluding carboxylic acids is 1. The van der Waals surface area contributed by atoms with Gasteiger partial charge in [0.25, 0.3) is 5.91 Å². The Labute approximate surface area is 203 Å². The van der Waals surface area contributed by atoms with E-state index < -0.39 is 17.3 Å². The van der Waals surface area contributed by atoms with Gasteiger partial charge in [0.15, 0.2) is 16.6 Å². The first-order chi connectivity index (χ1) is 16.7. The minimum Gasteiger partial charge on any atom is -0.493 e. The van der Waals surface area contributed by atoms with Gasteiger partial charge in [0.05, 0.1) is 30.0 Å². The van der Waals surface area contributed by atoms with Crippen molar-refractivity contribution < 1.29 is 27.4 Å². The number of nitriles is 1. The third-order valence-corrected chi connectivity index (χ3v) is 5.32. The van der Waals surface area contributed by atoms with Crippen LogP contribution in [0.15, 0.2) is 72.4 Å². The van der Waals surface area contributed by atoms with E-state index in [1.54, 1.807) is 42.5 Å². The molecular weight excluding hydrogens is 479 g/mol. The minimum atomic E-state index is -4.71. The zero-order chi connectivity index (χ0) is 25.2. The second-order valence-corrected chi connectivity index (χ2v) is 7.68. The van der Waals surface area contributed by atoms with E-state index in [9.17, 15) is 18.0 Å². The quantitative estimate of drug-likeness (QED) is 0.365. The lowest BCUT2D eigenvalue weighted by Crippen LogP contribution is -2.30. The van der Waals surface area contributed by atoms with Crippen LogP contribution >= 0.6 is 12.2 Å². The number of hydrogen-bond acceptors (Lipinski definition) is 5. The van der Waals surface area contributed by atoms with Crippen molar-refractivity contribution in [3.63, 3.8) is 0 Å². The lowest BCUT2D eigenvalue weighted by molar-refractivity contribution is -0.137. The van der Waals surface area contributed by atoms with Crippen molar-refractivity contribution in [2.24, 2.45) is 0 Å². The van der Waals surface area contributed by atoms with Gasteiger partial charge in [-0.15, -0.1) is 0 Å². The van der Waals surface area contributed by atoms with Crippen molar-refractivity contribution in [3.8, 4) is 23.3 Å². The van der Waals surface area contributed by atoms with Gasteiger partial charge < -0.3 is 14.8 Å². The maximum absolute atomic E-state index is 13.3. The monoisotopic (exact) mass is 495 g/mol. The molecule has 3 aromatic rings. The molecule has 1 saturated heterocycles. The summed E-state index contributed by atoms with van der Waals surface area (Å²) in [6, 6.07) is 18.2. The molecule has 176 valence electrons. The van der Waals surface area contributed by atoms with Crippen molar-refractivity contribution in [1.29, 1.82) is 5.26 Å². The van der Waals surface area contributed by atoms with E-state index in [4.69, 9.17) is 27.0 Å². The summed E-state index contributed by atoms with van der Waals surface area (Å²) in [5.41, 5.74) is -0.159. The third kappa shape index (κ3) is 4.95. The first-order valence-corrected chi connectivity index (χ1v) is 10.5. The molecule has 0 bridgehead atoms. The van der Waals surface area contributed by atoms with Crippen LogP contribution in [0.2, 0.25) is 0 Å². The molecule has 0 spiro atoms. The molecule has 1 aliphatic heterocycles. The Morgan fingerprint density at radius 2 is 1.80 bits per heavy atom. The van der Waals surface area contributed by atoms with Crippen molar-refractivity contribution >= 4 is 35.0 Å². The normalized spacial score (nSPS) is 14.6. The Hall–Kier alpha value is -4.36. The van der Waals surface area contributed by atoms with Crippen LogP contribution in [0.25, 0.3) is 6.08 Å². The molecule has 1 fully saturated rings. The Balaban J connectivity index is 1.60. The second-order valence-electron chi connectivity index (χ2n) is 7.29. The maximum atomic E-state index is 13.3. The molecular formula is C25H16F3N3O3S. The first-order valence-electron chi connectivity index (χ1n) is 10.1. The number of hydrogen-bond donors (Lipinski definition) is 1. The molecule has 0 aromatic heterocycles. The molecule has 4 rings (SSSR count). The maximum Gasteiger partial charge on any atom is 0.417 e. The van der Waals surface area contributed by atoms with E-state index in [0.717, 1.165) is 12.1 Å². The van der Waals surface area contributed by atoms with E-state index in [1.807, 2.05) is 6.07 Å². The number of ether oxygens (including phenoxy) is 2. The molecule has 0 saturated carbocycles. The summed E-state index contributed by atoms with van der Waals surface area (Å²) in [4.78, 5) is 14.3. The van der Waals surface area contributed by atoms with Crippen LogP contribution in [-0.2, 0) is 11.0 Å². The summed E-state index contributed by atoms with van der Waals surface area (Å²) in [6.07, 6.45) is -3.13. The fraction of sp³-hybridized carbons (Fsp3) is 0.0800. The smallest absolute Gasteiger partial charge is 0.417 e. The van der Waals surface area contributed by atoms with Gasteiger partial charge in [0, 0.05) is 0 Å². The number of para-hydroxylation sites is 1. The third-order valence-electron chi connectivity index (χ3n) is 5.04. The van der Waals surface area contributed by atoms with Crippen LogP contribution in [0.1, 0.15) is 16.7 Å². The number of thiocarbonyl (C=S) groups is 1. The molecule has 10 heteroatoms. The minimum absolute atomic E-state index is 0.114. The van der Waals surface area contributed by atoms with Crippen LogP contribution in [-0.4, -0.2) is 18.1 Å². The molecule has 0 radical (unpaired) electrons. The number of rotatable bonds is 5. The largest absolute Gasteiger partial charge is 0.493 e. The van der Waals surface area contributed by atoms with Crippen molar-refractivity contribution in [3.05, 3.63) is 89.1 Å². The van der Waals surface area contributed by atoms with E-state index in [1.165, 1.54) is 30.2 Å². The zero-order valence-corrected chi connectivity index (χ0v) is 18.9. The number of nitrogens with zero attached hydrogens (tertiary/aromatic N) is 2. The highest BCUT2D eigenvalue weighted by Crippen LogP contribution is 2.38. The summed E-state index contributed by atoms with van der Waals surface area (Å²) in [5, 5.41) is 12.1. The lowest BCUT2D eigenvalue weighted by atomic mass is 10.1. The molecule has 0 unspecified atom stereocenters. The molecule has 3 aromatic carbocycles. The van der Waals surface area contributed by atoms with E-state index in [-0.39, 0.29) is 34.0 Å². The van der Waals surface area contributed by atoms with Gasteiger partial charge in [0.2, 0.25) is 0 Å². The number of alkyl halides is 3. The number of benzene rings is 3. The molecule has 0 atom stereocenters. The van der Waals surface area contributed by atoms with Gasteiger partial charge >= 0.3 is 6.18 Å². The number of carbonyl (C=O) groups is 1. The van der Waals surface area contributed by atoms with Gasteiger partial charge in [-0.05, 0) is 66.3 Å². The number of amides is 1. The Morgan fingerprint density at radius 3 is 2.46 bits per heavy atom. The van der Waals surface area contributed by atoms with Gasteiger partial charge in [-0.1, -0.05) is 24.3 Å². The molecule has 0 aliphatic carbocycles. The van der Waals surface area contributed by atoms with Crippen molar-refractivity contribution in [2.45, 2.75) is 6.18 Å². The molecule has 1 amide bonds. The van der Waals surface area contributed by atoms with Crippen LogP contribution in [0.3, 0.4) is 0 Å². The lowest BCUT2D eigenvalue weighted by Gasteiger charge is -2.14. The highest BCUT2D eigenvalue weighted by molar-refractivity contribution is 7.80. The van der Waals surface area contributed by atoms with Crippen molar-refractivity contribution in [2.75, 3.05) is 12.0 Å². The van der Waals surface area contributed by atoms with Gasteiger partial charge in [-0.25, -0.2) is 0 Å². The average Bonchev–Trinajstić information content (AvgIpc) is 3.12. The molecule has 1 heterocycles. The first kappa shape index (κ1) is 23.8. The topological polar surface area (TPSA) is 74.6 Å². The fourth-order valence-electron chi connectivity index (χ4n) is 3.42. The van der Waals surface area contributed by atoms with Crippen molar-refractivity contribution in [1.82, 2.24) is 5.32 Å². The van der Waals surface area contributed by atoms with Gasteiger partial charge in [-0.2, -0.15) is 18.4 Å². The van der Waals surface area contributed by atoms with Crippen LogP contribution < -0.4 is 19.7 Å². The number of anilines is 1. The number of halogens is 3. The SMILES string of the molecule is COc1cc(C=C2NC(=S)N(c3ccccc3)C2=O)ccc1Oc1ccc(C#N)c(C(F)(F)F)c1. The average molecular weight is 495 g/mol. The fourth-order valence-corrected chi connectivity index (χ4v) is 3.72. The summed E-state index contributed by atoms with van der Waals surface area (Å²) in [6.45, 7) is 0. The summed E-state index contributed by atoms with van der Waals surface area (Å²) < 4.78 is 50.7. The highest BCUT2D eigenvalue weighted by Gasteiger charge is 2.34. The molecule has 1 N–H and O–H groups in total. The number of nitrogens with one attached hydrogen (secondary N) is 1. The van der Waals surface area contributed by atoms with Crippen LogP contribution in [0, 0.1) is 11.3 Å². The standard InChI is InChI=1S/C25H16F3N3O3S/c1-33-22-12-15(11-20-23(32)31(24(35)30-20)17-5-3-2-4-6-17)7-10-21(22)34-18-9-8-16(14-29)19(13-18)25(26,27)28/h2-13H,1H3,(H,30,35). The summed E-state index contributed by atoms with van der Waals surface area (Å²) in [5.74, 6) is -0.0696. The molecule has 1 aliphatic rings. The second kappa shape index (κ2) is 9.48. The molecule has 35 heavy (non-hydrogen) atoms. The Bertz CT molecular complexity index is 1380. The predicted molar refractivity (Wildman–Crippen MR) is 127 cm³/mol. The Kier molecular flexibility index (Phi) is 6.44. The van der Waals surface area contributed by atoms with Gasteiger partial charge in [0.1, 0.15) is 11.4 Å².